The molecule has 0 unspecified atom stereocenters. The van der Waals surface area contributed by atoms with Gasteiger partial charge in [-0.2, -0.15) is 0 Å². The van der Waals surface area contributed by atoms with Crippen molar-refractivity contribution in [1.29, 1.82) is 0 Å². The van der Waals surface area contributed by atoms with Crippen LogP contribution in [0.1, 0.15) is 16.7 Å². The van der Waals surface area contributed by atoms with E-state index in [0.717, 1.165) is 56.0 Å². The smallest absolute Gasteiger partial charge is 0.120 e. The van der Waals surface area contributed by atoms with Crippen molar-refractivity contribution in [3.63, 3.8) is 0 Å². The van der Waals surface area contributed by atoms with E-state index in [0.29, 0.717) is 36.9 Å². The van der Waals surface area contributed by atoms with Gasteiger partial charge < -0.3 is 31.3 Å². The van der Waals surface area contributed by atoms with Gasteiger partial charge >= 0.3 is 0 Å². The maximum absolute atomic E-state index is 9.93. The van der Waals surface area contributed by atoms with E-state index < -0.39 is 0 Å². The number of hydrogen-bond donors (Lipinski definition) is 6. The number of benzene rings is 3. The van der Waals surface area contributed by atoms with E-state index in [1.54, 1.807) is 18.2 Å². The summed E-state index contributed by atoms with van der Waals surface area (Å²) >= 11 is 0. The molecule has 190 valence electrons. The van der Waals surface area contributed by atoms with Crippen molar-refractivity contribution in [3.05, 3.63) is 89.5 Å². The molecule has 0 aliphatic rings. The average Bonchev–Trinajstić information content (AvgIpc) is 2.84. The Balaban J connectivity index is 0.00000432. The number of para-hydroxylation sites is 3. The van der Waals surface area contributed by atoms with Crippen LogP contribution in [0, 0.1) is 0 Å². The third kappa shape index (κ3) is 10.1. The van der Waals surface area contributed by atoms with Gasteiger partial charge in [-0.3, -0.25) is 4.90 Å². The molecule has 0 saturated heterocycles. The van der Waals surface area contributed by atoms with E-state index in [1.165, 1.54) is 0 Å². The van der Waals surface area contributed by atoms with Gasteiger partial charge in [-0.15, -0.1) is 12.4 Å². The lowest BCUT2D eigenvalue weighted by molar-refractivity contribution is 0.270. The number of phenolic OH excluding ortho intramolecular Hbond substituents is 3. The molecule has 0 heterocycles. The second-order valence-corrected chi connectivity index (χ2v) is 8.26. The molecule has 0 aromatic heterocycles. The first-order chi connectivity index (χ1) is 16.6. The summed E-state index contributed by atoms with van der Waals surface area (Å²) in [6, 6.07) is 22.1. The zero-order valence-electron chi connectivity index (χ0n) is 20.0. The number of aromatic hydroxyl groups is 3. The summed E-state index contributed by atoms with van der Waals surface area (Å²) in [4.78, 5) is 2.37. The molecule has 3 aromatic carbocycles. The number of halogens is 1. The molecular formula is C27H37ClN4O3. The number of hydrogen-bond acceptors (Lipinski definition) is 7. The number of nitrogens with one attached hydrogen (secondary N) is 3. The molecule has 0 aliphatic heterocycles. The fraction of sp³-hybridized carbons (Fsp3) is 0.333. The molecule has 8 heteroatoms. The van der Waals surface area contributed by atoms with Gasteiger partial charge in [-0.25, -0.2) is 0 Å². The first-order valence-corrected chi connectivity index (χ1v) is 11.8. The molecule has 0 radical (unpaired) electrons. The highest BCUT2D eigenvalue weighted by Gasteiger charge is 2.07. The van der Waals surface area contributed by atoms with Gasteiger partial charge in [0.25, 0.3) is 0 Å². The van der Waals surface area contributed by atoms with Crippen LogP contribution < -0.4 is 16.0 Å². The van der Waals surface area contributed by atoms with E-state index >= 15 is 0 Å². The Morgan fingerprint density at radius 2 is 0.771 bits per heavy atom. The molecule has 0 fully saturated rings. The lowest BCUT2D eigenvalue weighted by Crippen LogP contribution is -2.40. The van der Waals surface area contributed by atoms with Gasteiger partial charge in [0.05, 0.1) is 0 Å². The Morgan fingerprint density at radius 3 is 1.06 bits per heavy atom. The summed E-state index contributed by atoms with van der Waals surface area (Å²) in [6.45, 7) is 6.86. The second-order valence-electron chi connectivity index (χ2n) is 8.26. The fourth-order valence-corrected chi connectivity index (χ4v) is 3.70. The van der Waals surface area contributed by atoms with Gasteiger partial charge in [0.1, 0.15) is 17.2 Å². The summed E-state index contributed by atoms with van der Waals surface area (Å²) < 4.78 is 0. The van der Waals surface area contributed by atoms with Crippen molar-refractivity contribution in [3.8, 4) is 17.2 Å². The lowest BCUT2D eigenvalue weighted by atomic mass is 10.2. The minimum Gasteiger partial charge on any atom is -0.508 e. The van der Waals surface area contributed by atoms with Crippen LogP contribution in [-0.2, 0) is 19.6 Å². The van der Waals surface area contributed by atoms with Crippen LogP contribution in [0.4, 0.5) is 0 Å². The number of phenols is 3. The molecule has 3 aromatic rings. The molecule has 0 spiro atoms. The SMILES string of the molecule is Cl.Oc1ccccc1CNCCN(CCNCc1ccccc1O)CCNCc1ccccc1O. The van der Waals surface area contributed by atoms with E-state index in [-0.39, 0.29) is 12.4 Å². The van der Waals surface area contributed by atoms with Crippen LogP contribution in [-0.4, -0.2) is 59.5 Å². The highest BCUT2D eigenvalue weighted by Crippen LogP contribution is 2.16. The molecule has 0 atom stereocenters. The topological polar surface area (TPSA) is 100 Å². The molecule has 0 aliphatic carbocycles. The zero-order valence-corrected chi connectivity index (χ0v) is 20.8. The predicted molar refractivity (Wildman–Crippen MR) is 143 cm³/mol. The Labute approximate surface area is 214 Å². The highest BCUT2D eigenvalue weighted by molar-refractivity contribution is 5.85. The summed E-state index contributed by atoms with van der Waals surface area (Å²) in [5.41, 5.74) is 2.67. The van der Waals surface area contributed by atoms with Crippen molar-refractivity contribution in [2.75, 3.05) is 39.3 Å². The molecule has 0 saturated carbocycles. The third-order valence-electron chi connectivity index (χ3n) is 5.74. The third-order valence-corrected chi connectivity index (χ3v) is 5.74. The van der Waals surface area contributed by atoms with Crippen LogP contribution in [0.2, 0.25) is 0 Å². The Hall–Kier alpha value is -2.81. The van der Waals surface area contributed by atoms with E-state index in [9.17, 15) is 15.3 Å². The molecule has 35 heavy (non-hydrogen) atoms. The van der Waals surface area contributed by atoms with Crippen molar-refractivity contribution in [2.24, 2.45) is 0 Å². The normalized spacial score (nSPS) is 10.9. The molecule has 7 nitrogen and oxygen atoms in total. The quantitative estimate of drug-likeness (QED) is 0.178. The lowest BCUT2D eigenvalue weighted by Gasteiger charge is -2.23. The molecule has 3 rings (SSSR count). The van der Waals surface area contributed by atoms with E-state index in [2.05, 4.69) is 20.9 Å². The maximum Gasteiger partial charge on any atom is 0.120 e. The van der Waals surface area contributed by atoms with E-state index in [1.807, 2.05) is 54.6 Å². The minimum atomic E-state index is 0. The predicted octanol–water partition coefficient (Wildman–Crippen LogP) is 3.20. The van der Waals surface area contributed by atoms with Gasteiger partial charge in [-0.05, 0) is 18.2 Å². The largest absolute Gasteiger partial charge is 0.508 e. The van der Waals surface area contributed by atoms with Crippen LogP contribution >= 0.6 is 12.4 Å². The van der Waals surface area contributed by atoms with Crippen molar-refractivity contribution in [2.45, 2.75) is 19.6 Å². The highest BCUT2D eigenvalue weighted by atomic mass is 35.5. The average molecular weight is 501 g/mol. The van der Waals surface area contributed by atoms with Gasteiger partial charge in [0.15, 0.2) is 0 Å². The van der Waals surface area contributed by atoms with Crippen LogP contribution in [0.5, 0.6) is 17.2 Å². The fourth-order valence-electron chi connectivity index (χ4n) is 3.70. The van der Waals surface area contributed by atoms with Crippen molar-refractivity contribution >= 4 is 12.4 Å². The molecule has 0 bridgehead atoms. The number of nitrogens with zero attached hydrogens (tertiary/aromatic N) is 1. The first kappa shape index (κ1) is 28.4. The van der Waals surface area contributed by atoms with Gasteiger partial charge in [0.2, 0.25) is 0 Å². The molecule has 0 amide bonds. The summed E-state index contributed by atoms with van der Waals surface area (Å²) in [5.74, 6) is 0.941. The second kappa shape index (κ2) is 16.0. The van der Waals surface area contributed by atoms with Crippen LogP contribution in [0.3, 0.4) is 0 Å². The summed E-state index contributed by atoms with van der Waals surface area (Å²) in [6.07, 6.45) is 0. The van der Waals surface area contributed by atoms with Crippen molar-refractivity contribution < 1.29 is 15.3 Å². The van der Waals surface area contributed by atoms with Crippen LogP contribution in [0.15, 0.2) is 72.8 Å². The zero-order chi connectivity index (χ0) is 24.0. The van der Waals surface area contributed by atoms with Crippen molar-refractivity contribution in [1.82, 2.24) is 20.9 Å². The van der Waals surface area contributed by atoms with E-state index in [4.69, 9.17) is 0 Å². The maximum atomic E-state index is 9.93. The Morgan fingerprint density at radius 1 is 0.486 bits per heavy atom. The minimum absolute atomic E-state index is 0. The molecule has 6 N–H and O–H groups in total. The first-order valence-electron chi connectivity index (χ1n) is 11.8. The van der Waals surface area contributed by atoms with Gasteiger partial charge in [0, 0.05) is 75.6 Å². The standard InChI is InChI=1S/C27H36N4O3.ClH/c32-25-10-4-1-7-22(25)19-28-13-16-31(17-14-29-20-23-8-2-5-11-26(23)33)18-15-30-21-24-9-3-6-12-27(24)34;/h1-12,28-30,32-34H,13-21H2;1H. The molecular weight excluding hydrogens is 464 g/mol. The Kier molecular flexibility index (Phi) is 13.0. The van der Waals surface area contributed by atoms with Crippen LogP contribution in [0.25, 0.3) is 0 Å². The van der Waals surface area contributed by atoms with Gasteiger partial charge in [-0.1, -0.05) is 54.6 Å². The number of rotatable bonds is 15. The monoisotopic (exact) mass is 500 g/mol. The Bertz CT molecular complexity index is 878. The summed E-state index contributed by atoms with van der Waals surface area (Å²) in [5, 5.41) is 40.0. The summed E-state index contributed by atoms with van der Waals surface area (Å²) in [7, 11) is 0.